The summed E-state index contributed by atoms with van der Waals surface area (Å²) in [6.07, 6.45) is 0. The van der Waals surface area contributed by atoms with Crippen molar-refractivity contribution in [3.63, 3.8) is 0 Å². The van der Waals surface area contributed by atoms with E-state index in [0.29, 0.717) is 27.7 Å². The van der Waals surface area contributed by atoms with Gasteiger partial charge >= 0.3 is 211 Å². The predicted octanol–water partition coefficient (Wildman–Crippen LogP) is 6.87. The summed E-state index contributed by atoms with van der Waals surface area (Å²) in [5, 5.41) is 1.55. The van der Waals surface area contributed by atoms with Gasteiger partial charge in [0.25, 0.3) is 0 Å². The fourth-order valence-corrected chi connectivity index (χ4v) is 13.9. The summed E-state index contributed by atoms with van der Waals surface area (Å²) in [6, 6.07) is 29.9. The molecule has 0 fully saturated rings. The first-order valence-corrected chi connectivity index (χ1v) is 17.1. The van der Waals surface area contributed by atoms with E-state index >= 15 is 0 Å². The number of benzene rings is 4. The van der Waals surface area contributed by atoms with Crippen molar-refractivity contribution < 1.29 is 0 Å². The molecule has 0 aromatic heterocycles. The zero-order chi connectivity index (χ0) is 21.8. The van der Waals surface area contributed by atoms with Gasteiger partial charge in [-0.05, 0) is 0 Å². The van der Waals surface area contributed by atoms with E-state index in [4.69, 9.17) is 23.2 Å². The molecule has 0 aliphatic carbocycles. The van der Waals surface area contributed by atoms with Gasteiger partial charge in [-0.15, -0.1) is 0 Å². The molecular formula is C26H20Cl2SSe2. The van der Waals surface area contributed by atoms with Crippen LogP contribution in [0.25, 0.3) is 22.3 Å². The maximum atomic E-state index is 6.10. The molecule has 0 heterocycles. The Hall–Kier alpha value is -1.15. The van der Waals surface area contributed by atoms with Crippen molar-refractivity contribution in [2.45, 2.75) is 13.8 Å². The van der Waals surface area contributed by atoms with Gasteiger partial charge in [0.1, 0.15) is 0 Å². The van der Waals surface area contributed by atoms with E-state index in [9.17, 15) is 0 Å². The van der Waals surface area contributed by atoms with E-state index in [1.54, 1.807) is 0 Å². The van der Waals surface area contributed by atoms with Crippen LogP contribution in [0.2, 0.25) is 10.0 Å². The summed E-state index contributed by atoms with van der Waals surface area (Å²) in [5.74, 6) is 0. The second-order valence-electron chi connectivity index (χ2n) is 7.25. The fourth-order valence-electron chi connectivity index (χ4n) is 3.23. The summed E-state index contributed by atoms with van der Waals surface area (Å²) < 4.78 is 2.85. The molecule has 0 N–H and O–H groups in total. The monoisotopic (exact) mass is 594 g/mol. The molecule has 0 aliphatic rings. The summed E-state index contributed by atoms with van der Waals surface area (Å²) in [5.41, 5.74) is 7.67. The Labute approximate surface area is 209 Å². The molecule has 0 aliphatic heterocycles. The normalized spacial score (nSPS) is 11.0. The molecule has 156 valence electrons. The zero-order valence-electron chi connectivity index (χ0n) is 17.1. The molecule has 0 amide bonds. The molecule has 0 unspecified atom stereocenters. The molecule has 0 nitrogen and oxygen atoms in total. The van der Waals surface area contributed by atoms with Gasteiger partial charge in [-0.1, -0.05) is 0 Å². The number of hydrogen-bond donors (Lipinski definition) is 0. The van der Waals surface area contributed by atoms with Crippen molar-refractivity contribution in [2.75, 3.05) is 0 Å². The van der Waals surface area contributed by atoms with Crippen molar-refractivity contribution in [3.05, 3.63) is 106 Å². The third-order valence-electron chi connectivity index (χ3n) is 4.83. The van der Waals surface area contributed by atoms with E-state index in [0.717, 1.165) is 10.0 Å². The van der Waals surface area contributed by atoms with Gasteiger partial charge in [-0.25, -0.2) is 0 Å². The Morgan fingerprint density at radius 3 is 1.32 bits per heavy atom. The van der Waals surface area contributed by atoms with Crippen molar-refractivity contribution in [2.24, 2.45) is 0 Å². The van der Waals surface area contributed by atoms with Crippen molar-refractivity contribution in [1.82, 2.24) is 0 Å². The zero-order valence-corrected chi connectivity index (χ0v) is 22.8. The quantitative estimate of drug-likeness (QED) is 0.220. The van der Waals surface area contributed by atoms with Crippen molar-refractivity contribution in [1.29, 1.82) is 0 Å². The van der Waals surface area contributed by atoms with Gasteiger partial charge in [0.15, 0.2) is 0 Å². The third-order valence-corrected chi connectivity index (χ3v) is 14.9. The second kappa shape index (κ2) is 10.6. The van der Waals surface area contributed by atoms with Crippen LogP contribution in [0.1, 0.15) is 11.1 Å². The Morgan fingerprint density at radius 1 is 0.548 bits per heavy atom. The van der Waals surface area contributed by atoms with Crippen LogP contribution in [0.5, 0.6) is 0 Å². The molecule has 4 rings (SSSR count). The van der Waals surface area contributed by atoms with E-state index in [1.807, 2.05) is 24.3 Å². The van der Waals surface area contributed by atoms with Gasteiger partial charge in [-0.2, -0.15) is 0 Å². The molecule has 4 aromatic carbocycles. The minimum absolute atomic E-state index is 0.324. The van der Waals surface area contributed by atoms with Gasteiger partial charge in [0.05, 0.1) is 0 Å². The number of rotatable bonds is 6. The van der Waals surface area contributed by atoms with Gasteiger partial charge in [0.2, 0.25) is 0 Å². The number of aryl methyl sites for hydroxylation is 2. The maximum absolute atomic E-state index is 6.10. The van der Waals surface area contributed by atoms with Crippen LogP contribution in [0.4, 0.5) is 0 Å². The molecule has 0 radical (unpaired) electrons. The molecule has 5 heteroatoms. The molecular weight excluding hydrogens is 573 g/mol. The van der Waals surface area contributed by atoms with E-state index < -0.39 is 0 Å². The summed E-state index contributed by atoms with van der Waals surface area (Å²) in [7, 11) is 2.07. The van der Waals surface area contributed by atoms with E-state index in [1.165, 1.54) is 42.3 Å². The third kappa shape index (κ3) is 6.00. The average Bonchev–Trinajstić information content (AvgIpc) is 2.77. The Morgan fingerprint density at radius 2 is 0.935 bits per heavy atom. The van der Waals surface area contributed by atoms with Crippen LogP contribution in [0, 0.1) is 13.8 Å². The standard InChI is InChI=1S/C26H20Cl2SSe2/c1-17-3-13-25(23(15-17)19-5-9-21(27)10-6-19)30-29-31-26-14-4-18(2)16-24(26)20-7-11-22(28)12-8-20/h3-16H,1-2H3. The Kier molecular flexibility index (Phi) is 7.90. The van der Waals surface area contributed by atoms with Crippen LogP contribution in [0.15, 0.2) is 84.9 Å². The first-order chi connectivity index (χ1) is 15.0. The number of hydrogen-bond acceptors (Lipinski definition) is 1. The van der Waals surface area contributed by atoms with Gasteiger partial charge < -0.3 is 0 Å². The summed E-state index contributed by atoms with van der Waals surface area (Å²) in [4.78, 5) is 0. The molecule has 0 bridgehead atoms. The molecule has 31 heavy (non-hydrogen) atoms. The van der Waals surface area contributed by atoms with Gasteiger partial charge in [-0.3, -0.25) is 0 Å². The summed E-state index contributed by atoms with van der Waals surface area (Å²) in [6.45, 7) is 4.30. The van der Waals surface area contributed by atoms with Crippen molar-refractivity contribution in [3.8, 4) is 22.3 Å². The van der Waals surface area contributed by atoms with E-state index in [2.05, 4.69) is 83.1 Å². The molecule has 0 saturated heterocycles. The van der Waals surface area contributed by atoms with Gasteiger partial charge in [0, 0.05) is 0 Å². The first kappa shape index (κ1) is 23.0. The first-order valence-electron chi connectivity index (χ1n) is 9.74. The van der Waals surface area contributed by atoms with Crippen LogP contribution in [-0.4, -0.2) is 27.7 Å². The van der Waals surface area contributed by atoms with Crippen LogP contribution in [-0.2, 0) is 0 Å². The molecule has 0 spiro atoms. The predicted molar refractivity (Wildman–Crippen MR) is 142 cm³/mol. The number of halogens is 2. The molecule has 0 atom stereocenters. The summed E-state index contributed by atoms with van der Waals surface area (Å²) >= 11 is 12.9. The van der Waals surface area contributed by atoms with Crippen LogP contribution >= 0.6 is 31.8 Å². The minimum atomic E-state index is 0.324. The Bertz CT molecular complexity index is 1090. The van der Waals surface area contributed by atoms with Crippen LogP contribution < -0.4 is 8.92 Å². The topological polar surface area (TPSA) is 0 Å². The van der Waals surface area contributed by atoms with Crippen molar-refractivity contribution >= 4 is 68.4 Å². The molecule has 4 aromatic rings. The Balaban J connectivity index is 1.55. The SMILES string of the molecule is Cc1ccc([Se]S[Se]c2ccc(C)cc2-c2ccc(Cl)cc2)c(-c2ccc(Cl)cc2)c1. The van der Waals surface area contributed by atoms with E-state index in [-0.39, 0.29) is 0 Å². The average molecular weight is 593 g/mol. The van der Waals surface area contributed by atoms with Crippen LogP contribution in [0.3, 0.4) is 0 Å². The second-order valence-corrected chi connectivity index (χ2v) is 17.8. The molecule has 0 saturated carbocycles. The fraction of sp³-hybridized carbons (Fsp3) is 0.0769.